The van der Waals surface area contributed by atoms with Crippen LogP contribution in [0.2, 0.25) is 0 Å². The number of aromatic nitrogens is 2. The largest absolute Gasteiger partial charge is 0.478 e. The maximum Gasteiger partial charge on any atom is 0.335 e. The molecule has 7 nitrogen and oxygen atoms in total. The third-order valence-corrected chi connectivity index (χ3v) is 3.53. The van der Waals surface area contributed by atoms with Crippen molar-refractivity contribution in [1.29, 1.82) is 0 Å². The zero-order valence-corrected chi connectivity index (χ0v) is 11.3. The number of nitrogens with one attached hydrogen (secondary N) is 2. The molecule has 0 saturated heterocycles. The normalized spacial score (nSPS) is 14.3. The number of carbonyl (C=O) groups is 2. The van der Waals surface area contributed by atoms with Gasteiger partial charge in [0.1, 0.15) is 0 Å². The van der Waals surface area contributed by atoms with Crippen LogP contribution >= 0.6 is 0 Å². The van der Waals surface area contributed by atoms with E-state index < -0.39 is 5.97 Å². The maximum absolute atomic E-state index is 11.9. The Morgan fingerprint density at radius 2 is 2.14 bits per heavy atom. The Bertz CT molecular complexity index is 770. The lowest BCUT2D eigenvalue weighted by Crippen LogP contribution is -2.28. The first-order chi connectivity index (χ1) is 10.0. The average molecular weight is 289 g/mol. The van der Waals surface area contributed by atoms with E-state index in [1.54, 1.807) is 6.07 Å². The molecule has 1 aliphatic rings. The number of carboxylic acid groups (broad SMARTS) is 1. The molecule has 2 aromatic rings. The molecule has 21 heavy (non-hydrogen) atoms. The lowest BCUT2D eigenvalue weighted by molar-refractivity contribution is -0.121. The fraction of sp³-hybridized carbons (Fsp3) is 0.357. The molecule has 1 aromatic carbocycles. The molecule has 7 heteroatoms. The van der Waals surface area contributed by atoms with Gasteiger partial charge in [0, 0.05) is 19.0 Å². The molecular weight excluding hydrogens is 274 g/mol. The molecule has 3 rings (SSSR count). The molecule has 1 saturated carbocycles. The Morgan fingerprint density at radius 3 is 2.81 bits per heavy atom. The molecule has 1 aromatic heterocycles. The summed E-state index contributed by atoms with van der Waals surface area (Å²) in [6.07, 6.45) is 2.28. The second-order valence-corrected chi connectivity index (χ2v) is 5.21. The summed E-state index contributed by atoms with van der Waals surface area (Å²) >= 11 is 0. The number of hydrogen-bond donors (Lipinski definition) is 3. The Labute approximate surface area is 119 Å². The predicted octanol–water partition coefficient (Wildman–Crippen LogP) is 0.696. The van der Waals surface area contributed by atoms with Gasteiger partial charge in [-0.3, -0.25) is 9.36 Å². The summed E-state index contributed by atoms with van der Waals surface area (Å²) < 4.78 is 1.45. The van der Waals surface area contributed by atoms with Gasteiger partial charge in [0.2, 0.25) is 5.91 Å². The molecule has 110 valence electrons. The number of carbonyl (C=O) groups excluding carboxylic acids is 1. The molecular formula is C14H15N3O4. The van der Waals surface area contributed by atoms with Crippen molar-refractivity contribution >= 4 is 22.9 Å². The molecule has 0 unspecified atom stereocenters. The van der Waals surface area contributed by atoms with E-state index in [0.29, 0.717) is 17.1 Å². The number of benzene rings is 1. The number of imidazole rings is 1. The number of H-pyrrole nitrogens is 1. The van der Waals surface area contributed by atoms with Crippen molar-refractivity contribution in [3.63, 3.8) is 0 Å². The van der Waals surface area contributed by atoms with Crippen molar-refractivity contribution < 1.29 is 14.7 Å². The van der Waals surface area contributed by atoms with Gasteiger partial charge >= 0.3 is 11.7 Å². The van der Waals surface area contributed by atoms with Crippen molar-refractivity contribution in [2.45, 2.75) is 31.8 Å². The molecule has 0 bridgehead atoms. The van der Waals surface area contributed by atoms with E-state index >= 15 is 0 Å². The third kappa shape index (κ3) is 2.81. The molecule has 1 heterocycles. The van der Waals surface area contributed by atoms with Crippen LogP contribution in [-0.2, 0) is 11.3 Å². The van der Waals surface area contributed by atoms with E-state index in [-0.39, 0.29) is 30.1 Å². The van der Waals surface area contributed by atoms with Crippen molar-refractivity contribution in [3.8, 4) is 0 Å². The predicted molar refractivity (Wildman–Crippen MR) is 75.3 cm³/mol. The van der Waals surface area contributed by atoms with Gasteiger partial charge < -0.3 is 15.4 Å². The highest BCUT2D eigenvalue weighted by molar-refractivity contribution is 5.92. The van der Waals surface area contributed by atoms with Crippen LogP contribution in [0.15, 0.2) is 23.0 Å². The van der Waals surface area contributed by atoms with Crippen LogP contribution in [0.5, 0.6) is 0 Å². The first kappa shape index (κ1) is 13.4. The lowest BCUT2D eigenvalue weighted by atomic mass is 10.2. The minimum atomic E-state index is -1.05. The van der Waals surface area contributed by atoms with Crippen LogP contribution in [0.3, 0.4) is 0 Å². The summed E-state index contributed by atoms with van der Waals surface area (Å²) in [5.74, 6) is -1.12. The lowest BCUT2D eigenvalue weighted by Gasteiger charge is -2.05. The monoisotopic (exact) mass is 289 g/mol. The number of carboxylic acids is 1. The summed E-state index contributed by atoms with van der Waals surface area (Å²) in [5, 5.41) is 11.8. The highest BCUT2D eigenvalue weighted by atomic mass is 16.4. The number of fused-ring (bicyclic) bond motifs is 1. The maximum atomic E-state index is 11.9. The number of amides is 1. The second kappa shape index (κ2) is 5.08. The second-order valence-electron chi connectivity index (χ2n) is 5.21. The van der Waals surface area contributed by atoms with E-state index in [2.05, 4.69) is 10.3 Å². The number of aromatic carboxylic acids is 1. The molecule has 1 amide bonds. The topological polar surface area (TPSA) is 104 Å². The van der Waals surface area contributed by atoms with Gasteiger partial charge in [0.05, 0.1) is 16.6 Å². The Hall–Kier alpha value is -2.57. The number of aryl methyl sites for hydroxylation is 1. The number of nitrogens with zero attached hydrogens (tertiary/aromatic N) is 1. The SMILES string of the molecule is O=C(CCn1c(=O)[nH]c2cc(C(=O)O)ccc21)NC1CC1. The van der Waals surface area contributed by atoms with Crippen LogP contribution in [0.4, 0.5) is 0 Å². The van der Waals surface area contributed by atoms with Crippen molar-refractivity contribution in [2.75, 3.05) is 0 Å². The fourth-order valence-electron chi connectivity index (χ4n) is 2.26. The number of hydrogen-bond acceptors (Lipinski definition) is 3. The first-order valence-corrected chi connectivity index (χ1v) is 6.80. The minimum absolute atomic E-state index is 0.0686. The van der Waals surface area contributed by atoms with Crippen molar-refractivity contribution in [1.82, 2.24) is 14.9 Å². The van der Waals surface area contributed by atoms with Crippen molar-refractivity contribution in [2.24, 2.45) is 0 Å². The number of aromatic amines is 1. The Balaban J connectivity index is 1.80. The van der Waals surface area contributed by atoms with Crippen LogP contribution in [0.1, 0.15) is 29.6 Å². The van der Waals surface area contributed by atoms with Gasteiger partial charge in [0.25, 0.3) is 0 Å². The van der Waals surface area contributed by atoms with Gasteiger partial charge in [0.15, 0.2) is 0 Å². The average Bonchev–Trinajstić information content (AvgIpc) is 3.18. The molecule has 1 aliphatic carbocycles. The van der Waals surface area contributed by atoms with E-state index in [9.17, 15) is 14.4 Å². The van der Waals surface area contributed by atoms with Gasteiger partial charge in [-0.05, 0) is 31.0 Å². The summed E-state index contributed by atoms with van der Waals surface area (Å²) in [6.45, 7) is 0.268. The highest BCUT2D eigenvalue weighted by Crippen LogP contribution is 2.19. The first-order valence-electron chi connectivity index (χ1n) is 6.80. The standard InChI is InChI=1S/C14H15N3O4/c18-12(15-9-2-3-9)5-6-17-11-4-1-8(13(19)20)7-10(11)16-14(17)21/h1,4,7,9H,2-3,5-6H2,(H,15,18)(H,16,21)(H,19,20). The molecule has 0 atom stereocenters. The zero-order valence-electron chi connectivity index (χ0n) is 11.3. The molecule has 3 N–H and O–H groups in total. The summed E-state index contributed by atoms with van der Waals surface area (Å²) in [6, 6.07) is 4.74. The zero-order chi connectivity index (χ0) is 15.0. The molecule has 0 spiro atoms. The summed E-state index contributed by atoms with van der Waals surface area (Å²) in [7, 11) is 0. The van der Waals surface area contributed by atoms with Gasteiger partial charge in [-0.2, -0.15) is 0 Å². The van der Waals surface area contributed by atoms with Crippen LogP contribution in [0, 0.1) is 0 Å². The highest BCUT2D eigenvalue weighted by Gasteiger charge is 2.23. The molecule has 0 radical (unpaired) electrons. The van der Waals surface area contributed by atoms with E-state index in [4.69, 9.17) is 5.11 Å². The minimum Gasteiger partial charge on any atom is -0.478 e. The quantitative estimate of drug-likeness (QED) is 0.753. The molecule has 1 fully saturated rings. The summed E-state index contributed by atoms with van der Waals surface area (Å²) in [4.78, 5) is 37.1. The van der Waals surface area contributed by atoms with Crippen LogP contribution < -0.4 is 11.0 Å². The van der Waals surface area contributed by atoms with E-state index in [0.717, 1.165) is 12.8 Å². The Morgan fingerprint density at radius 1 is 1.38 bits per heavy atom. The fourth-order valence-corrected chi connectivity index (χ4v) is 2.26. The smallest absolute Gasteiger partial charge is 0.335 e. The van der Waals surface area contributed by atoms with Crippen LogP contribution in [0.25, 0.3) is 11.0 Å². The summed E-state index contributed by atoms with van der Waals surface area (Å²) in [5.41, 5.74) is 0.834. The number of rotatable bonds is 5. The van der Waals surface area contributed by atoms with E-state index in [1.807, 2.05) is 0 Å². The molecule has 0 aliphatic heterocycles. The third-order valence-electron chi connectivity index (χ3n) is 3.53. The Kier molecular flexibility index (Phi) is 3.25. The van der Waals surface area contributed by atoms with E-state index in [1.165, 1.54) is 16.7 Å². The van der Waals surface area contributed by atoms with Gasteiger partial charge in [-0.25, -0.2) is 9.59 Å². The van der Waals surface area contributed by atoms with Gasteiger partial charge in [-0.15, -0.1) is 0 Å². The van der Waals surface area contributed by atoms with Gasteiger partial charge in [-0.1, -0.05) is 0 Å². The van der Waals surface area contributed by atoms with Crippen molar-refractivity contribution in [3.05, 3.63) is 34.2 Å². The van der Waals surface area contributed by atoms with Crippen LogP contribution in [-0.4, -0.2) is 32.6 Å².